The molecule has 1 amide bonds. The number of methoxy groups -OCH3 is 1. The Morgan fingerprint density at radius 1 is 1.18 bits per heavy atom. The molecule has 0 saturated carbocycles. The largest absolute Gasteiger partial charge is 0.481 e. The Labute approximate surface area is 167 Å². The summed E-state index contributed by atoms with van der Waals surface area (Å²) in [6, 6.07) is 11.0. The molecule has 1 saturated heterocycles. The quantitative estimate of drug-likeness (QED) is 0.713. The summed E-state index contributed by atoms with van der Waals surface area (Å²) in [5.74, 6) is 0.256. The molecule has 0 unspecified atom stereocenters. The fourth-order valence-electron chi connectivity index (χ4n) is 2.86. The molecule has 144 valence electrons. The Hall–Kier alpha value is -2.97. The Bertz CT molecular complexity index is 935. The summed E-state index contributed by atoms with van der Waals surface area (Å²) >= 11 is 1.64. The molecule has 0 bridgehead atoms. The Morgan fingerprint density at radius 3 is 2.64 bits per heavy atom. The van der Waals surface area contributed by atoms with Crippen LogP contribution in [0.25, 0.3) is 11.3 Å². The number of thiazole rings is 1. The van der Waals surface area contributed by atoms with Crippen molar-refractivity contribution in [2.24, 2.45) is 0 Å². The van der Waals surface area contributed by atoms with Crippen molar-refractivity contribution in [3.8, 4) is 17.1 Å². The number of rotatable bonds is 5. The van der Waals surface area contributed by atoms with Crippen LogP contribution in [-0.2, 0) is 4.74 Å². The number of hydrogen-bond donors (Lipinski definition) is 1. The van der Waals surface area contributed by atoms with E-state index in [2.05, 4.69) is 20.6 Å². The van der Waals surface area contributed by atoms with Crippen LogP contribution < -0.4 is 15.0 Å². The van der Waals surface area contributed by atoms with Gasteiger partial charge < -0.3 is 19.7 Å². The number of anilines is 2. The summed E-state index contributed by atoms with van der Waals surface area (Å²) in [5, 5.41) is 5.94. The van der Waals surface area contributed by atoms with E-state index in [1.165, 1.54) is 13.3 Å². The van der Waals surface area contributed by atoms with Crippen LogP contribution in [0.3, 0.4) is 0 Å². The van der Waals surface area contributed by atoms with E-state index >= 15 is 0 Å². The van der Waals surface area contributed by atoms with Crippen molar-refractivity contribution in [1.29, 1.82) is 0 Å². The molecule has 3 aromatic rings. The van der Waals surface area contributed by atoms with Crippen molar-refractivity contribution in [1.82, 2.24) is 9.97 Å². The van der Waals surface area contributed by atoms with E-state index in [9.17, 15) is 4.79 Å². The van der Waals surface area contributed by atoms with Gasteiger partial charge in [0.2, 0.25) is 5.88 Å². The fraction of sp³-hybridized carbons (Fsp3) is 0.250. The van der Waals surface area contributed by atoms with Gasteiger partial charge in [0.1, 0.15) is 0 Å². The van der Waals surface area contributed by atoms with Crippen LogP contribution in [0.4, 0.5) is 10.8 Å². The molecule has 1 fully saturated rings. The molecule has 1 aromatic carbocycles. The lowest BCUT2D eigenvalue weighted by molar-refractivity contribution is 0.102. The number of ether oxygens (including phenoxy) is 2. The van der Waals surface area contributed by atoms with Crippen LogP contribution in [-0.4, -0.2) is 49.3 Å². The smallest absolute Gasteiger partial charge is 0.257 e. The first-order valence-electron chi connectivity index (χ1n) is 8.93. The number of pyridine rings is 1. The maximum Gasteiger partial charge on any atom is 0.257 e. The average Bonchev–Trinajstić information content (AvgIpc) is 3.25. The van der Waals surface area contributed by atoms with Gasteiger partial charge in [-0.05, 0) is 18.2 Å². The summed E-state index contributed by atoms with van der Waals surface area (Å²) in [4.78, 5) is 23.4. The predicted octanol–water partition coefficient (Wildman–Crippen LogP) is 3.30. The molecule has 0 atom stereocenters. The number of benzene rings is 1. The molecule has 4 rings (SSSR count). The van der Waals surface area contributed by atoms with Crippen LogP contribution in [0, 0.1) is 0 Å². The number of morpholine rings is 1. The second-order valence-corrected chi connectivity index (χ2v) is 7.07. The number of hydrogen-bond acceptors (Lipinski definition) is 7. The SMILES string of the molecule is COc1ccc(C(=O)Nc2ccc(-c3csc(N4CCOCC4)n3)cc2)cn1. The van der Waals surface area contributed by atoms with Gasteiger partial charge in [-0.3, -0.25) is 4.79 Å². The molecule has 2 aromatic heterocycles. The topological polar surface area (TPSA) is 76.6 Å². The van der Waals surface area contributed by atoms with E-state index in [0.29, 0.717) is 17.1 Å². The van der Waals surface area contributed by atoms with Crippen molar-refractivity contribution in [3.05, 3.63) is 53.5 Å². The van der Waals surface area contributed by atoms with Gasteiger partial charge >= 0.3 is 0 Å². The third-order valence-electron chi connectivity index (χ3n) is 4.42. The lowest BCUT2D eigenvalue weighted by Gasteiger charge is -2.26. The van der Waals surface area contributed by atoms with Gasteiger partial charge in [-0.1, -0.05) is 12.1 Å². The standard InChI is InChI=1S/C20H20N4O3S/c1-26-18-7-4-15(12-21-18)19(25)22-16-5-2-14(3-6-16)17-13-28-20(23-17)24-8-10-27-11-9-24/h2-7,12-13H,8-11H2,1H3,(H,22,25). The minimum atomic E-state index is -0.217. The number of nitrogens with one attached hydrogen (secondary N) is 1. The van der Waals surface area contributed by atoms with Crippen LogP contribution in [0.5, 0.6) is 5.88 Å². The van der Waals surface area contributed by atoms with Crippen molar-refractivity contribution >= 4 is 28.1 Å². The second-order valence-electron chi connectivity index (χ2n) is 6.24. The van der Waals surface area contributed by atoms with E-state index in [1.807, 2.05) is 24.3 Å². The third kappa shape index (κ3) is 4.13. The number of carbonyl (C=O) groups excluding carboxylic acids is 1. The first-order valence-corrected chi connectivity index (χ1v) is 9.81. The van der Waals surface area contributed by atoms with E-state index in [1.54, 1.807) is 23.5 Å². The fourth-order valence-corrected chi connectivity index (χ4v) is 3.75. The van der Waals surface area contributed by atoms with Gasteiger partial charge in [0.05, 0.1) is 31.6 Å². The predicted molar refractivity (Wildman–Crippen MR) is 109 cm³/mol. The summed E-state index contributed by atoms with van der Waals surface area (Å²) < 4.78 is 10.4. The molecule has 0 spiro atoms. The molecule has 28 heavy (non-hydrogen) atoms. The lowest BCUT2D eigenvalue weighted by Crippen LogP contribution is -2.36. The average molecular weight is 396 g/mol. The van der Waals surface area contributed by atoms with Gasteiger partial charge in [0.25, 0.3) is 5.91 Å². The molecule has 1 aliphatic rings. The van der Waals surface area contributed by atoms with E-state index in [-0.39, 0.29) is 5.91 Å². The zero-order valence-corrected chi connectivity index (χ0v) is 16.2. The van der Waals surface area contributed by atoms with E-state index in [4.69, 9.17) is 14.5 Å². The summed E-state index contributed by atoms with van der Waals surface area (Å²) in [6.45, 7) is 3.23. The van der Waals surface area contributed by atoms with Gasteiger partial charge in [-0.15, -0.1) is 11.3 Å². The van der Waals surface area contributed by atoms with Crippen molar-refractivity contribution in [2.75, 3.05) is 43.6 Å². The molecule has 1 N–H and O–H groups in total. The summed E-state index contributed by atoms with van der Waals surface area (Å²) in [5.41, 5.74) is 3.14. The highest BCUT2D eigenvalue weighted by Gasteiger charge is 2.15. The Kier molecular flexibility index (Phi) is 5.50. The zero-order valence-electron chi connectivity index (χ0n) is 15.4. The van der Waals surface area contributed by atoms with Gasteiger partial charge in [-0.2, -0.15) is 0 Å². The van der Waals surface area contributed by atoms with Crippen LogP contribution in [0.15, 0.2) is 48.0 Å². The number of aromatic nitrogens is 2. The molecule has 1 aliphatic heterocycles. The first kappa shape index (κ1) is 18.4. The molecule has 8 heteroatoms. The number of nitrogens with zero attached hydrogens (tertiary/aromatic N) is 3. The highest BCUT2D eigenvalue weighted by atomic mass is 32.1. The van der Waals surface area contributed by atoms with Crippen molar-refractivity contribution in [2.45, 2.75) is 0 Å². The van der Waals surface area contributed by atoms with Gasteiger partial charge in [-0.25, -0.2) is 9.97 Å². The third-order valence-corrected chi connectivity index (χ3v) is 5.32. The van der Waals surface area contributed by atoms with Crippen LogP contribution >= 0.6 is 11.3 Å². The Balaban J connectivity index is 1.42. The molecule has 0 radical (unpaired) electrons. The highest BCUT2D eigenvalue weighted by molar-refractivity contribution is 7.14. The normalized spacial score (nSPS) is 14.0. The Morgan fingerprint density at radius 2 is 1.96 bits per heavy atom. The number of carbonyl (C=O) groups is 1. The van der Waals surface area contributed by atoms with Crippen molar-refractivity contribution < 1.29 is 14.3 Å². The summed E-state index contributed by atoms with van der Waals surface area (Å²) in [6.07, 6.45) is 1.49. The lowest BCUT2D eigenvalue weighted by atomic mass is 10.1. The monoisotopic (exact) mass is 396 g/mol. The van der Waals surface area contributed by atoms with Gasteiger partial charge in [0.15, 0.2) is 5.13 Å². The van der Waals surface area contributed by atoms with Crippen LogP contribution in [0.1, 0.15) is 10.4 Å². The van der Waals surface area contributed by atoms with Crippen LogP contribution in [0.2, 0.25) is 0 Å². The maximum atomic E-state index is 12.3. The first-order chi connectivity index (χ1) is 13.7. The zero-order chi connectivity index (χ0) is 19.3. The molecule has 0 aliphatic carbocycles. The molecule has 7 nitrogen and oxygen atoms in total. The molecular formula is C20H20N4O3S. The maximum absolute atomic E-state index is 12.3. The summed E-state index contributed by atoms with van der Waals surface area (Å²) in [7, 11) is 1.54. The number of amides is 1. The van der Waals surface area contributed by atoms with Crippen molar-refractivity contribution in [3.63, 3.8) is 0 Å². The van der Waals surface area contributed by atoms with E-state index in [0.717, 1.165) is 42.7 Å². The molecular weight excluding hydrogens is 376 g/mol. The minimum Gasteiger partial charge on any atom is -0.481 e. The minimum absolute atomic E-state index is 0.217. The van der Waals surface area contributed by atoms with Gasteiger partial charge in [0, 0.05) is 42.0 Å². The van der Waals surface area contributed by atoms with E-state index < -0.39 is 0 Å². The highest BCUT2D eigenvalue weighted by Crippen LogP contribution is 2.28. The molecule has 3 heterocycles. The second kappa shape index (κ2) is 8.37.